The Morgan fingerprint density at radius 1 is 1.18 bits per heavy atom. The minimum Gasteiger partial charge on any atom is -0.362 e. The number of benzene rings is 2. The number of aryl methyl sites for hydroxylation is 2. The number of hydrogen-bond donors (Lipinski definition) is 1. The van der Waals surface area contributed by atoms with E-state index in [1.165, 1.54) is 23.5 Å². The summed E-state index contributed by atoms with van der Waals surface area (Å²) in [6.07, 6.45) is 1.69. The largest absolute Gasteiger partial charge is 0.362 e. The molecular weight excluding hydrogens is 456 g/mol. The molecule has 0 bridgehead atoms. The van der Waals surface area contributed by atoms with Gasteiger partial charge < -0.3 is 10.2 Å². The molecule has 1 fully saturated rings. The smallest absolute Gasteiger partial charge is 0.284 e. The van der Waals surface area contributed by atoms with Crippen molar-refractivity contribution in [1.29, 1.82) is 0 Å². The van der Waals surface area contributed by atoms with Crippen LogP contribution in [0.25, 0.3) is 11.3 Å². The Morgan fingerprint density at radius 3 is 2.64 bits per heavy atom. The van der Waals surface area contributed by atoms with Gasteiger partial charge in [-0.15, -0.1) is 15.7 Å². The molecule has 1 amide bonds. The van der Waals surface area contributed by atoms with Crippen LogP contribution in [-0.2, 0) is 21.2 Å². The zero-order chi connectivity index (χ0) is 23.6. The van der Waals surface area contributed by atoms with Crippen molar-refractivity contribution in [3.63, 3.8) is 0 Å². The summed E-state index contributed by atoms with van der Waals surface area (Å²) >= 11 is 1.49. The van der Waals surface area contributed by atoms with Gasteiger partial charge in [-0.2, -0.15) is 8.42 Å². The van der Waals surface area contributed by atoms with Gasteiger partial charge >= 0.3 is 0 Å². The highest BCUT2D eigenvalue weighted by Gasteiger charge is 2.21. The monoisotopic (exact) mass is 482 g/mol. The maximum absolute atomic E-state index is 12.8. The van der Waals surface area contributed by atoms with Gasteiger partial charge in [0, 0.05) is 36.1 Å². The topological polar surface area (TPSA) is 91.7 Å². The number of nitrogens with one attached hydrogen (secondary N) is 1. The number of amides is 1. The molecule has 4 rings (SSSR count). The molecule has 0 atom stereocenters. The van der Waals surface area contributed by atoms with Crippen LogP contribution in [-0.4, -0.2) is 43.6 Å². The zero-order valence-corrected chi connectivity index (χ0v) is 20.5. The van der Waals surface area contributed by atoms with E-state index in [9.17, 15) is 13.2 Å². The van der Waals surface area contributed by atoms with Gasteiger partial charge in [-0.1, -0.05) is 35.9 Å². The number of amidine groups is 1. The van der Waals surface area contributed by atoms with E-state index in [1.54, 1.807) is 12.1 Å². The summed E-state index contributed by atoms with van der Waals surface area (Å²) in [5, 5.41) is 3.71. The van der Waals surface area contributed by atoms with Gasteiger partial charge in [0.15, 0.2) is 0 Å². The molecular formula is C24H26N4O3S2. The lowest BCUT2D eigenvalue weighted by atomic mass is 10.1. The maximum atomic E-state index is 12.8. The molecule has 1 N–H and O–H groups in total. The second kappa shape index (κ2) is 9.44. The molecule has 0 unspecified atom stereocenters. The summed E-state index contributed by atoms with van der Waals surface area (Å²) in [6.45, 7) is 4.74. The number of nitrogens with zero attached hydrogens (tertiary/aromatic N) is 3. The fourth-order valence-electron chi connectivity index (χ4n) is 3.71. The van der Waals surface area contributed by atoms with Gasteiger partial charge in [0.2, 0.25) is 5.91 Å². The predicted molar refractivity (Wildman–Crippen MR) is 132 cm³/mol. The highest BCUT2D eigenvalue weighted by molar-refractivity contribution is 7.90. The lowest BCUT2D eigenvalue weighted by Gasteiger charge is -2.11. The molecule has 0 radical (unpaired) electrons. The molecule has 2 heterocycles. The number of rotatable bonds is 6. The third-order valence-electron chi connectivity index (χ3n) is 5.43. The van der Waals surface area contributed by atoms with Gasteiger partial charge in [0.25, 0.3) is 10.0 Å². The van der Waals surface area contributed by atoms with Crippen molar-refractivity contribution in [3.8, 4) is 11.3 Å². The van der Waals surface area contributed by atoms with Crippen LogP contribution in [0, 0.1) is 13.8 Å². The molecule has 1 aliphatic rings. The van der Waals surface area contributed by atoms with E-state index < -0.39 is 10.0 Å². The lowest BCUT2D eigenvalue weighted by molar-refractivity contribution is -0.115. The van der Waals surface area contributed by atoms with Crippen LogP contribution in [0.1, 0.15) is 28.3 Å². The first-order valence-electron chi connectivity index (χ1n) is 10.7. The fourth-order valence-corrected chi connectivity index (χ4v) is 5.81. The van der Waals surface area contributed by atoms with Crippen molar-refractivity contribution in [2.75, 3.05) is 18.9 Å². The standard InChI is InChI=1S/C24H26N4O3S2/c1-16-9-11-18(12-10-16)24-21(32-17(2)25-24)15-23(29)26-19-6-4-7-20(14-19)33(30,31)27-22-8-5-13-28(22)3/h4,6-7,9-12,14H,5,8,13,15H2,1-3H3,(H,26,29). The summed E-state index contributed by atoms with van der Waals surface area (Å²) in [5.74, 6) is 0.331. The van der Waals surface area contributed by atoms with Gasteiger partial charge in [-0.05, 0) is 38.5 Å². The first-order valence-corrected chi connectivity index (χ1v) is 13.0. The van der Waals surface area contributed by atoms with Crippen LogP contribution >= 0.6 is 11.3 Å². The van der Waals surface area contributed by atoms with Gasteiger partial charge in [0.05, 0.1) is 22.0 Å². The second-order valence-electron chi connectivity index (χ2n) is 8.13. The highest BCUT2D eigenvalue weighted by atomic mass is 32.2. The zero-order valence-electron chi connectivity index (χ0n) is 18.8. The second-order valence-corrected chi connectivity index (χ2v) is 11.0. The van der Waals surface area contributed by atoms with E-state index in [2.05, 4.69) is 14.7 Å². The molecule has 7 nitrogen and oxygen atoms in total. The average molecular weight is 483 g/mol. The van der Waals surface area contributed by atoms with Crippen molar-refractivity contribution < 1.29 is 13.2 Å². The van der Waals surface area contributed by atoms with Gasteiger partial charge in [0.1, 0.15) is 5.84 Å². The maximum Gasteiger partial charge on any atom is 0.284 e. The molecule has 3 aromatic rings. The lowest BCUT2D eigenvalue weighted by Crippen LogP contribution is -2.20. The first-order chi connectivity index (χ1) is 15.7. The fraction of sp³-hybridized carbons (Fsp3) is 0.292. The molecule has 33 heavy (non-hydrogen) atoms. The molecule has 0 aliphatic carbocycles. The van der Waals surface area contributed by atoms with Crippen molar-refractivity contribution >= 4 is 38.8 Å². The molecule has 9 heteroatoms. The Balaban J connectivity index is 1.51. The quantitative estimate of drug-likeness (QED) is 0.562. The molecule has 0 spiro atoms. The van der Waals surface area contributed by atoms with Crippen LogP contribution in [0.15, 0.2) is 57.8 Å². The summed E-state index contributed by atoms with van der Waals surface area (Å²) in [7, 11) is -2.01. The SMILES string of the molecule is Cc1ccc(-c2nc(C)sc2CC(=O)Nc2cccc(S(=O)(=O)N=C3CCCN3C)c2)cc1. The van der Waals surface area contributed by atoms with Gasteiger partial charge in [-0.3, -0.25) is 4.79 Å². The molecule has 1 aromatic heterocycles. The Hall–Kier alpha value is -3.04. The minimum atomic E-state index is -3.85. The van der Waals surface area contributed by atoms with Gasteiger partial charge in [-0.25, -0.2) is 4.98 Å². The van der Waals surface area contributed by atoms with Crippen LogP contribution in [0.3, 0.4) is 0 Å². The van der Waals surface area contributed by atoms with Crippen molar-refractivity contribution in [2.45, 2.75) is 38.0 Å². The van der Waals surface area contributed by atoms with Crippen molar-refractivity contribution in [3.05, 3.63) is 64.0 Å². The van der Waals surface area contributed by atoms with E-state index in [0.717, 1.165) is 39.7 Å². The van der Waals surface area contributed by atoms with E-state index in [-0.39, 0.29) is 17.2 Å². The Morgan fingerprint density at radius 2 is 1.94 bits per heavy atom. The number of anilines is 1. The van der Waals surface area contributed by atoms with Crippen LogP contribution in [0.4, 0.5) is 5.69 Å². The summed E-state index contributed by atoms with van der Waals surface area (Å²) < 4.78 is 29.5. The Bertz CT molecular complexity index is 1310. The first kappa shape index (κ1) is 23.1. The van der Waals surface area contributed by atoms with Crippen LogP contribution in [0.5, 0.6) is 0 Å². The number of sulfonamides is 1. The number of thiazole rings is 1. The number of carbonyl (C=O) groups excluding carboxylic acids is 1. The molecule has 2 aromatic carbocycles. The average Bonchev–Trinajstić information content (AvgIpc) is 3.33. The Kier molecular flexibility index (Phi) is 6.62. The number of likely N-dealkylation sites (tertiary alicyclic amines) is 1. The third-order valence-corrected chi connectivity index (χ3v) is 7.70. The van der Waals surface area contributed by atoms with E-state index in [1.807, 2.05) is 50.1 Å². The molecule has 172 valence electrons. The van der Waals surface area contributed by atoms with E-state index in [4.69, 9.17) is 0 Å². The molecule has 1 saturated heterocycles. The van der Waals surface area contributed by atoms with E-state index >= 15 is 0 Å². The third kappa shape index (κ3) is 5.48. The summed E-state index contributed by atoms with van der Waals surface area (Å²) in [4.78, 5) is 20.2. The van der Waals surface area contributed by atoms with Crippen LogP contribution in [0.2, 0.25) is 0 Å². The van der Waals surface area contributed by atoms with E-state index in [0.29, 0.717) is 17.9 Å². The van der Waals surface area contributed by atoms with Crippen molar-refractivity contribution in [1.82, 2.24) is 9.88 Å². The van der Waals surface area contributed by atoms with Crippen molar-refractivity contribution in [2.24, 2.45) is 4.40 Å². The minimum absolute atomic E-state index is 0.0575. The highest BCUT2D eigenvalue weighted by Crippen LogP contribution is 2.29. The molecule has 1 aliphatic heterocycles. The van der Waals surface area contributed by atoms with Crippen LogP contribution < -0.4 is 5.32 Å². The number of hydrogen-bond acceptors (Lipinski definition) is 5. The summed E-state index contributed by atoms with van der Waals surface area (Å²) in [6, 6.07) is 14.3. The Labute approximate surface area is 198 Å². The normalized spacial score (nSPS) is 15.2. The predicted octanol–water partition coefficient (Wildman–Crippen LogP) is 4.42. The summed E-state index contributed by atoms with van der Waals surface area (Å²) in [5.41, 5.74) is 3.35. The number of carbonyl (C=O) groups is 1. The molecule has 0 saturated carbocycles. The number of aromatic nitrogens is 1.